The Morgan fingerprint density at radius 1 is 1.28 bits per heavy atom. The molecule has 0 aliphatic rings. The summed E-state index contributed by atoms with van der Waals surface area (Å²) in [4.78, 5) is 0. The van der Waals surface area contributed by atoms with Gasteiger partial charge >= 0.3 is 0 Å². The number of benzene rings is 1. The van der Waals surface area contributed by atoms with Gasteiger partial charge in [0.1, 0.15) is 0 Å². The zero-order valence-corrected chi connectivity index (χ0v) is 12.1. The van der Waals surface area contributed by atoms with Gasteiger partial charge in [-0.25, -0.2) is 0 Å². The van der Waals surface area contributed by atoms with Crippen LogP contribution in [-0.2, 0) is 0 Å². The van der Waals surface area contributed by atoms with Gasteiger partial charge in [-0.3, -0.25) is 0 Å². The van der Waals surface area contributed by atoms with Crippen LogP contribution in [0.4, 0.5) is 0 Å². The van der Waals surface area contributed by atoms with Crippen molar-refractivity contribution >= 4 is 5.57 Å². The molecule has 1 aromatic carbocycles. The highest BCUT2D eigenvalue weighted by atomic mass is 14.8. The number of allylic oxidation sites excluding steroid dienone is 2. The Morgan fingerprint density at radius 2 is 1.83 bits per heavy atom. The summed E-state index contributed by atoms with van der Waals surface area (Å²) in [6, 6.07) is 8.90. The third-order valence-corrected chi connectivity index (χ3v) is 3.43. The van der Waals surface area contributed by atoms with E-state index in [9.17, 15) is 0 Å². The fourth-order valence-electron chi connectivity index (χ4n) is 2.29. The number of rotatable bonds is 6. The van der Waals surface area contributed by atoms with E-state index in [-0.39, 0.29) is 1.43 Å². The molecule has 1 rings (SSSR count). The Morgan fingerprint density at radius 3 is 2.22 bits per heavy atom. The van der Waals surface area contributed by atoms with Crippen molar-refractivity contribution in [2.75, 3.05) is 7.05 Å². The maximum absolute atomic E-state index is 4.03. The largest absolute Gasteiger partial charge is 0.393 e. The van der Waals surface area contributed by atoms with Crippen molar-refractivity contribution in [2.24, 2.45) is 0 Å². The first kappa shape index (κ1) is 14.6. The lowest BCUT2D eigenvalue weighted by atomic mass is 9.91. The molecule has 1 N–H and O–H groups in total. The standard InChI is InChI=1S/C17H25N.H2/c1-6-14(7-2)15-8-10-16(11-9-15)17(12-18-5)13(3)4;/h8-12,14,18H,3,6-7H2,1-2,4-5H3;1H/b17-12+;. The Balaban J connectivity index is 0.00000324. The molecule has 0 aromatic heterocycles. The van der Waals surface area contributed by atoms with Crippen LogP contribution in [-0.4, -0.2) is 7.05 Å². The lowest BCUT2D eigenvalue weighted by Gasteiger charge is -2.14. The van der Waals surface area contributed by atoms with Crippen LogP contribution in [0.25, 0.3) is 5.57 Å². The van der Waals surface area contributed by atoms with Crippen molar-refractivity contribution in [3.63, 3.8) is 0 Å². The van der Waals surface area contributed by atoms with Gasteiger partial charge in [-0.2, -0.15) is 0 Å². The maximum atomic E-state index is 4.03. The summed E-state index contributed by atoms with van der Waals surface area (Å²) < 4.78 is 0. The van der Waals surface area contributed by atoms with Gasteiger partial charge in [-0.15, -0.1) is 0 Å². The zero-order valence-electron chi connectivity index (χ0n) is 12.1. The second kappa shape index (κ2) is 7.05. The second-order valence-corrected chi connectivity index (χ2v) is 4.76. The van der Waals surface area contributed by atoms with Crippen molar-refractivity contribution in [1.82, 2.24) is 5.32 Å². The summed E-state index contributed by atoms with van der Waals surface area (Å²) in [7, 11) is 1.92. The highest BCUT2D eigenvalue weighted by molar-refractivity contribution is 5.77. The average molecular weight is 245 g/mol. The predicted molar refractivity (Wildman–Crippen MR) is 83.7 cm³/mol. The lowest BCUT2D eigenvalue weighted by Crippen LogP contribution is -1.99. The Kier molecular flexibility index (Phi) is 5.70. The van der Waals surface area contributed by atoms with Gasteiger partial charge in [-0.1, -0.05) is 44.7 Å². The van der Waals surface area contributed by atoms with E-state index in [1.54, 1.807) is 0 Å². The van der Waals surface area contributed by atoms with Crippen LogP contribution >= 0.6 is 0 Å². The van der Waals surface area contributed by atoms with Crippen LogP contribution in [0.15, 0.2) is 42.6 Å². The molecule has 0 saturated carbocycles. The molecule has 100 valence electrons. The van der Waals surface area contributed by atoms with Gasteiger partial charge in [0.2, 0.25) is 0 Å². The topological polar surface area (TPSA) is 12.0 Å². The molecule has 0 atom stereocenters. The predicted octanol–water partition coefficient (Wildman–Crippen LogP) is 4.97. The van der Waals surface area contributed by atoms with Crippen molar-refractivity contribution in [3.8, 4) is 0 Å². The van der Waals surface area contributed by atoms with Crippen LogP contribution in [0.5, 0.6) is 0 Å². The molecular weight excluding hydrogens is 218 g/mol. The minimum atomic E-state index is 0. The number of hydrogen-bond acceptors (Lipinski definition) is 1. The molecule has 0 fully saturated rings. The first-order valence-electron chi connectivity index (χ1n) is 6.77. The van der Waals surface area contributed by atoms with Crippen molar-refractivity contribution in [1.29, 1.82) is 0 Å². The van der Waals surface area contributed by atoms with E-state index in [4.69, 9.17) is 0 Å². The normalized spacial score (nSPS) is 11.7. The fraction of sp³-hybridized carbons (Fsp3) is 0.412. The third-order valence-electron chi connectivity index (χ3n) is 3.43. The fourth-order valence-corrected chi connectivity index (χ4v) is 2.29. The first-order valence-corrected chi connectivity index (χ1v) is 6.77. The van der Waals surface area contributed by atoms with E-state index in [1.165, 1.54) is 29.5 Å². The molecule has 18 heavy (non-hydrogen) atoms. The van der Waals surface area contributed by atoms with Crippen LogP contribution in [0.3, 0.4) is 0 Å². The van der Waals surface area contributed by atoms with E-state index in [2.05, 4.69) is 50.0 Å². The molecule has 0 bridgehead atoms. The second-order valence-electron chi connectivity index (χ2n) is 4.76. The molecule has 1 aromatic rings. The zero-order chi connectivity index (χ0) is 13.5. The molecule has 1 nitrogen and oxygen atoms in total. The molecular formula is C17H27N. The van der Waals surface area contributed by atoms with E-state index >= 15 is 0 Å². The molecule has 0 unspecified atom stereocenters. The summed E-state index contributed by atoms with van der Waals surface area (Å²) >= 11 is 0. The molecule has 0 amide bonds. The molecule has 0 heterocycles. The van der Waals surface area contributed by atoms with E-state index in [0.717, 1.165) is 5.57 Å². The van der Waals surface area contributed by atoms with E-state index in [1.807, 2.05) is 20.2 Å². The van der Waals surface area contributed by atoms with Crippen molar-refractivity contribution in [2.45, 2.75) is 39.5 Å². The smallest absolute Gasteiger partial charge is 0.00437 e. The van der Waals surface area contributed by atoms with Crippen molar-refractivity contribution < 1.29 is 1.43 Å². The molecule has 0 saturated heterocycles. The minimum absolute atomic E-state index is 0. The van der Waals surface area contributed by atoms with Crippen LogP contribution in [0.1, 0.15) is 52.1 Å². The summed E-state index contributed by atoms with van der Waals surface area (Å²) in [5.41, 5.74) is 4.93. The van der Waals surface area contributed by atoms with Gasteiger partial charge in [0, 0.05) is 14.7 Å². The lowest BCUT2D eigenvalue weighted by molar-refractivity contribution is 0.642. The van der Waals surface area contributed by atoms with Crippen LogP contribution < -0.4 is 5.32 Å². The summed E-state index contributed by atoms with van der Waals surface area (Å²) in [5, 5.41) is 3.08. The van der Waals surface area contributed by atoms with Gasteiger partial charge in [0.05, 0.1) is 0 Å². The summed E-state index contributed by atoms with van der Waals surface area (Å²) in [6.45, 7) is 10.6. The highest BCUT2D eigenvalue weighted by Gasteiger charge is 2.08. The van der Waals surface area contributed by atoms with Crippen LogP contribution in [0, 0.1) is 0 Å². The SMILES string of the molecule is C=C(C)/C(=C\NC)c1ccc(C(CC)CC)cc1.[HH]. The maximum Gasteiger partial charge on any atom is 0.00437 e. The Hall–Kier alpha value is -1.50. The third kappa shape index (κ3) is 3.49. The van der Waals surface area contributed by atoms with Gasteiger partial charge in [-0.05, 0) is 48.0 Å². The van der Waals surface area contributed by atoms with Crippen molar-refractivity contribution in [3.05, 3.63) is 53.7 Å². The minimum Gasteiger partial charge on any atom is -0.393 e. The molecule has 0 spiro atoms. The van der Waals surface area contributed by atoms with Gasteiger partial charge in [0.15, 0.2) is 0 Å². The monoisotopic (exact) mass is 245 g/mol. The molecule has 0 aliphatic carbocycles. The quantitative estimate of drug-likeness (QED) is 0.697. The number of nitrogens with one attached hydrogen (secondary N) is 1. The van der Waals surface area contributed by atoms with E-state index < -0.39 is 0 Å². The highest BCUT2D eigenvalue weighted by Crippen LogP contribution is 2.26. The Labute approximate surface area is 113 Å². The average Bonchev–Trinajstić information content (AvgIpc) is 2.38. The van der Waals surface area contributed by atoms with E-state index in [0.29, 0.717) is 5.92 Å². The van der Waals surface area contributed by atoms with Gasteiger partial charge in [0.25, 0.3) is 0 Å². The Bertz CT molecular complexity index is 413. The molecule has 0 radical (unpaired) electrons. The van der Waals surface area contributed by atoms with Crippen LogP contribution in [0.2, 0.25) is 0 Å². The summed E-state index contributed by atoms with van der Waals surface area (Å²) in [5.74, 6) is 0.681. The summed E-state index contributed by atoms with van der Waals surface area (Å²) in [6.07, 6.45) is 4.42. The molecule has 1 heteroatoms. The molecule has 0 aliphatic heterocycles. The first-order chi connectivity index (χ1) is 8.63. The number of hydrogen-bond donors (Lipinski definition) is 1. The van der Waals surface area contributed by atoms with Gasteiger partial charge < -0.3 is 5.32 Å².